The second-order valence-electron chi connectivity index (χ2n) is 5.60. The van der Waals surface area contributed by atoms with Crippen LogP contribution in [0.1, 0.15) is 12.8 Å². The van der Waals surface area contributed by atoms with E-state index in [1.807, 2.05) is 24.3 Å². The summed E-state index contributed by atoms with van der Waals surface area (Å²) in [5.74, 6) is 1.54. The molecule has 1 aromatic rings. The lowest BCUT2D eigenvalue weighted by atomic mass is 10.1. The van der Waals surface area contributed by atoms with Crippen LogP contribution in [-0.4, -0.2) is 63.9 Å². The Morgan fingerprint density at radius 3 is 2.52 bits per heavy atom. The lowest BCUT2D eigenvalue weighted by Gasteiger charge is -2.24. The summed E-state index contributed by atoms with van der Waals surface area (Å²) < 4.78 is 16.4. The Morgan fingerprint density at radius 2 is 1.87 bits per heavy atom. The number of likely N-dealkylation sites (N-methyl/N-ethyl adjacent to an activating group) is 1. The summed E-state index contributed by atoms with van der Waals surface area (Å²) >= 11 is 0. The SMILES string of the molecule is COc1ccc(OCCN(C)C(=O)COC2CCNCC2)cc1. The zero-order valence-electron chi connectivity index (χ0n) is 13.9. The molecule has 0 bridgehead atoms. The van der Waals surface area contributed by atoms with E-state index >= 15 is 0 Å². The topological polar surface area (TPSA) is 60.0 Å². The third-order valence-corrected chi connectivity index (χ3v) is 3.91. The molecule has 0 unspecified atom stereocenters. The van der Waals surface area contributed by atoms with Gasteiger partial charge in [0.2, 0.25) is 5.91 Å². The Balaban J connectivity index is 1.62. The van der Waals surface area contributed by atoms with Crippen LogP contribution in [0.15, 0.2) is 24.3 Å². The molecule has 1 aliphatic heterocycles. The second kappa shape index (κ2) is 9.37. The molecule has 128 valence electrons. The van der Waals surface area contributed by atoms with Crippen molar-refractivity contribution in [2.24, 2.45) is 0 Å². The molecule has 6 nitrogen and oxygen atoms in total. The number of hydrogen-bond donors (Lipinski definition) is 1. The van der Waals surface area contributed by atoms with E-state index in [2.05, 4.69) is 5.32 Å². The molecule has 0 saturated carbocycles. The molecule has 1 amide bonds. The number of carbonyl (C=O) groups is 1. The van der Waals surface area contributed by atoms with Crippen LogP contribution in [0.25, 0.3) is 0 Å². The van der Waals surface area contributed by atoms with E-state index in [-0.39, 0.29) is 18.6 Å². The number of nitrogens with one attached hydrogen (secondary N) is 1. The highest BCUT2D eigenvalue weighted by molar-refractivity contribution is 5.77. The van der Waals surface area contributed by atoms with Crippen LogP contribution in [0.3, 0.4) is 0 Å². The number of benzene rings is 1. The quantitative estimate of drug-likeness (QED) is 0.782. The zero-order valence-corrected chi connectivity index (χ0v) is 13.9. The average molecular weight is 322 g/mol. The van der Waals surface area contributed by atoms with Crippen LogP contribution >= 0.6 is 0 Å². The Morgan fingerprint density at radius 1 is 1.22 bits per heavy atom. The summed E-state index contributed by atoms with van der Waals surface area (Å²) in [5, 5.41) is 3.28. The summed E-state index contributed by atoms with van der Waals surface area (Å²) in [6.07, 6.45) is 2.14. The van der Waals surface area contributed by atoms with Crippen molar-refractivity contribution in [1.82, 2.24) is 10.2 Å². The molecule has 1 aliphatic rings. The first-order chi connectivity index (χ1) is 11.2. The summed E-state index contributed by atoms with van der Waals surface area (Å²) in [5.41, 5.74) is 0. The van der Waals surface area contributed by atoms with Gasteiger partial charge in [0.05, 0.1) is 19.8 Å². The highest BCUT2D eigenvalue weighted by atomic mass is 16.5. The molecule has 0 spiro atoms. The van der Waals surface area contributed by atoms with E-state index in [4.69, 9.17) is 14.2 Å². The minimum absolute atomic E-state index is 0.0122. The lowest BCUT2D eigenvalue weighted by molar-refractivity contribution is -0.137. The van der Waals surface area contributed by atoms with Crippen LogP contribution in [0, 0.1) is 0 Å². The number of piperidine rings is 1. The van der Waals surface area contributed by atoms with Crippen molar-refractivity contribution in [3.63, 3.8) is 0 Å². The van der Waals surface area contributed by atoms with Crippen molar-refractivity contribution in [3.05, 3.63) is 24.3 Å². The number of carbonyl (C=O) groups excluding carboxylic acids is 1. The van der Waals surface area contributed by atoms with Gasteiger partial charge in [-0.15, -0.1) is 0 Å². The van der Waals surface area contributed by atoms with E-state index in [1.54, 1.807) is 19.1 Å². The molecular formula is C17H26N2O4. The van der Waals surface area contributed by atoms with Gasteiger partial charge in [-0.25, -0.2) is 0 Å². The first-order valence-corrected chi connectivity index (χ1v) is 8.02. The number of nitrogens with zero attached hydrogens (tertiary/aromatic N) is 1. The molecule has 2 rings (SSSR count). The van der Waals surface area contributed by atoms with E-state index in [0.717, 1.165) is 37.4 Å². The van der Waals surface area contributed by atoms with Crippen molar-refractivity contribution in [1.29, 1.82) is 0 Å². The van der Waals surface area contributed by atoms with Crippen molar-refractivity contribution in [2.75, 3.05) is 47.0 Å². The molecule has 1 saturated heterocycles. The van der Waals surface area contributed by atoms with Gasteiger partial charge in [-0.3, -0.25) is 4.79 Å². The minimum Gasteiger partial charge on any atom is -0.497 e. The number of ether oxygens (including phenoxy) is 3. The van der Waals surface area contributed by atoms with Gasteiger partial charge in [-0.1, -0.05) is 0 Å². The lowest BCUT2D eigenvalue weighted by Crippen LogP contribution is -2.37. The molecule has 23 heavy (non-hydrogen) atoms. The minimum atomic E-state index is -0.0122. The van der Waals surface area contributed by atoms with Gasteiger partial charge in [0, 0.05) is 7.05 Å². The fourth-order valence-electron chi connectivity index (χ4n) is 2.36. The van der Waals surface area contributed by atoms with Gasteiger partial charge in [-0.05, 0) is 50.2 Å². The summed E-state index contributed by atoms with van der Waals surface area (Å²) in [7, 11) is 3.40. The maximum Gasteiger partial charge on any atom is 0.248 e. The van der Waals surface area contributed by atoms with Crippen molar-refractivity contribution < 1.29 is 19.0 Å². The fraction of sp³-hybridized carbons (Fsp3) is 0.588. The predicted molar refractivity (Wildman–Crippen MR) is 88.0 cm³/mol. The molecule has 0 aromatic heterocycles. The van der Waals surface area contributed by atoms with E-state index in [1.165, 1.54) is 0 Å². The van der Waals surface area contributed by atoms with Gasteiger partial charge < -0.3 is 24.4 Å². The molecule has 1 aromatic carbocycles. The zero-order chi connectivity index (χ0) is 16.5. The number of amides is 1. The number of rotatable bonds is 8. The first-order valence-electron chi connectivity index (χ1n) is 8.02. The first kappa shape index (κ1) is 17.6. The maximum atomic E-state index is 12.0. The van der Waals surface area contributed by atoms with Gasteiger partial charge in [0.25, 0.3) is 0 Å². The predicted octanol–water partition coefficient (Wildman–Crippen LogP) is 1.30. The van der Waals surface area contributed by atoms with E-state index < -0.39 is 0 Å². The maximum absolute atomic E-state index is 12.0. The van der Waals surface area contributed by atoms with Gasteiger partial charge in [0.15, 0.2) is 0 Å². The Kier molecular flexibility index (Phi) is 7.16. The Hall–Kier alpha value is -1.79. The normalized spacial score (nSPS) is 15.2. The highest BCUT2D eigenvalue weighted by Gasteiger charge is 2.16. The Labute approximate surface area is 137 Å². The fourth-order valence-corrected chi connectivity index (χ4v) is 2.36. The van der Waals surface area contributed by atoms with E-state index in [0.29, 0.717) is 13.2 Å². The third-order valence-electron chi connectivity index (χ3n) is 3.91. The molecule has 1 fully saturated rings. The van der Waals surface area contributed by atoms with Gasteiger partial charge >= 0.3 is 0 Å². The smallest absolute Gasteiger partial charge is 0.248 e. The van der Waals surface area contributed by atoms with Crippen LogP contribution in [0.5, 0.6) is 11.5 Å². The molecule has 6 heteroatoms. The molecule has 1 N–H and O–H groups in total. The highest BCUT2D eigenvalue weighted by Crippen LogP contribution is 2.16. The van der Waals surface area contributed by atoms with E-state index in [9.17, 15) is 4.79 Å². The second-order valence-corrected chi connectivity index (χ2v) is 5.60. The van der Waals surface area contributed by atoms with Crippen LogP contribution in [-0.2, 0) is 9.53 Å². The summed E-state index contributed by atoms with van der Waals surface area (Å²) in [6, 6.07) is 7.38. The number of methoxy groups -OCH3 is 1. The van der Waals surface area contributed by atoms with Crippen LogP contribution < -0.4 is 14.8 Å². The van der Waals surface area contributed by atoms with Gasteiger partial charge in [-0.2, -0.15) is 0 Å². The van der Waals surface area contributed by atoms with Crippen LogP contribution in [0.2, 0.25) is 0 Å². The molecule has 0 atom stereocenters. The Bertz CT molecular complexity index is 472. The van der Waals surface area contributed by atoms with Gasteiger partial charge in [0.1, 0.15) is 24.7 Å². The van der Waals surface area contributed by atoms with Crippen LogP contribution in [0.4, 0.5) is 0 Å². The monoisotopic (exact) mass is 322 g/mol. The van der Waals surface area contributed by atoms with Crippen molar-refractivity contribution >= 4 is 5.91 Å². The van der Waals surface area contributed by atoms with Crippen molar-refractivity contribution in [2.45, 2.75) is 18.9 Å². The summed E-state index contributed by atoms with van der Waals surface area (Å²) in [6.45, 7) is 3.04. The molecule has 0 aliphatic carbocycles. The molecular weight excluding hydrogens is 296 g/mol. The molecule has 0 radical (unpaired) electrons. The molecule has 1 heterocycles. The largest absolute Gasteiger partial charge is 0.497 e. The number of hydrogen-bond acceptors (Lipinski definition) is 5. The summed E-state index contributed by atoms with van der Waals surface area (Å²) in [4.78, 5) is 13.7. The van der Waals surface area contributed by atoms with Crippen molar-refractivity contribution in [3.8, 4) is 11.5 Å². The third kappa shape index (κ3) is 6.08. The average Bonchev–Trinajstić information content (AvgIpc) is 2.61. The standard InChI is InChI=1S/C17H26N2O4/c1-19(17(20)13-23-16-7-9-18-10-8-16)11-12-22-15-5-3-14(21-2)4-6-15/h3-6,16,18H,7-13H2,1-2H3.